The second kappa shape index (κ2) is 8.85. The lowest BCUT2D eigenvalue weighted by Gasteiger charge is -2.28. The van der Waals surface area contributed by atoms with Gasteiger partial charge in [-0.3, -0.25) is 9.89 Å². The Morgan fingerprint density at radius 3 is 2.79 bits per heavy atom. The molecule has 1 aliphatic heterocycles. The number of rotatable bonds is 5. The number of aromatic nitrogens is 4. The van der Waals surface area contributed by atoms with E-state index in [2.05, 4.69) is 26.5 Å². The Balaban J connectivity index is 1.39. The number of carbonyl (C=O) groups excluding carboxylic acids is 1. The van der Waals surface area contributed by atoms with Gasteiger partial charge in [0.1, 0.15) is 0 Å². The van der Waals surface area contributed by atoms with E-state index in [0.29, 0.717) is 31.1 Å². The monoisotopic (exact) mass is 470 g/mol. The smallest absolute Gasteiger partial charge is 0.251 e. The molecule has 1 aliphatic rings. The molecule has 1 amide bonds. The third-order valence-corrected chi connectivity index (χ3v) is 7.02. The van der Waals surface area contributed by atoms with Crippen LogP contribution < -0.4 is 10.2 Å². The van der Waals surface area contributed by atoms with Crippen LogP contribution in [0.1, 0.15) is 15.2 Å². The zero-order valence-electron chi connectivity index (χ0n) is 18.3. The number of benzene rings is 2. The summed E-state index contributed by atoms with van der Waals surface area (Å²) < 4.78 is 6.59. The number of hydrogen-bond acceptors (Lipinski definition) is 7. The standard InChI is InChI=1S/C25H22N6O2S/c32-25(16-5-2-1-3-6-16)26-14-17-13-21-22(34-17)24(31-9-11-33-12-10-31)29-23(28-21)18-7-4-8-20-19(18)15-27-30-20/h1-8,13,15H,9-12,14H2,(H,26,32)(H,27,30). The Labute approximate surface area is 199 Å². The predicted octanol–water partition coefficient (Wildman–Crippen LogP) is 4.00. The summed E-state index contributed by atoms with van der Waals surface area (Å²) in [4.78, 5) is 25.8. The highest BCUT2D eigenvalue weighted by molar-refractivity contribution is 7.19. The number of thiophene rings is 1. The number of nitrogens with zero attached hydrogens (tertiary/aromatic N) is 4. The number of aromatic amines is 1. The molecule has 4 heterocycles. The van der Waals surface area contributed by atoms with Crippen LogP contribution >= 0.6 is 11.3 Å². The zero-order chi connectivity index (χ0) is 22.9. The van der Waals surface area contributed by atoms with E-state index >= 15 is 0 Å². The number of carbonyl (C=O) groups is 1. The SMILES string of the molecule is O=C(NCc1cc2nc(-c3cccc4[nH]ncc34)nc(N3CCOCC3)c2s1)c1ccccc1. The van der Waals surface area contributed by atoms with Crippen LogP contribution in [0.15, 0.2) is 60.8 Å². The number of morpholine rings is 1. The van der Waals surface area contributed by atoms with E-state index in [1.54, 1.807) is 11.3 Å². The number of H-pyrrole nitrogens is 1. The number of amides is 1. The second-order valence-electron chi connectivity index (χ2n) is 8.08. The molecule has 0 spiro atoms. The Kier molecular flexibility index (Phi) is 5.40. The molecule has 2 N–H and O–H groups in total. The fraction of sp³-hybridized carbons (Fsp3) is 0.200. The van der Waals surface area contributed by atoms with Crippen LogP contribution in [0.3, 0.4) is 0 Å². The van der Waals surface area contributed by atoms with Crippen molar-refractivity contribution in [1.29, 1.82) is 0 Å². The second-order valence-corrected chi connectivity index (χ2v) is 9.22. The van der Waals surface area contributed by atoms with E-state index in [4.69, 9.17) is 14.7 Å². The zero-order valence-corrected chi connectivity index (χ0v) is 19.1. The number of nitrogens with one attached hydrogen (secondary N) is 2. The molecule has 1 fully saturated rings. The summed E-state index contributed by atoms with van der Waals surface area (Å²) in [7, 11) is 0. The predicted molar refractivity (Wildman–Crippen MR) is 133 cm³/mol. The highest BCUT2D eigenvalue weighted by Gasteiger charge is 2.21. The largest absolute Gasteiger partial charge is 0.378 e. The topological polar surface area (TPSA) is 96.0 Å². The van der Waals surface area contributed by atoms with Gasteiger partial charge in [-0.25, -0.2) is 9.97 Å². The molecule has 0 aliphatic carbocycles. The lowest BCUT2D eigenvalue weighted by molar-refractivity contribution is 0.0951. The van der Waals surface area contributed by atoms with Crippen molar-refractivity contribution in [3.63, 3.8) is 0 Å². The number of ether oxygens (including phenoxy) is 1. The van der Waals surface area contributed by atoms with Gasteiger partial charge in [0.25, 0.3) is 5.91 Å². The molecule has 0 unspecified atom stereocenters. The lowest BCUT2D eigenvalue weighted by Crippen LogP contribution is -2.36. The van der Waals surface area contributed by atoms with Crippen LogP contribution in [0, 0.1) is 0 Å². The maximum Gasteiger partial charge on any atom is 0.251 e. The summed E-state index contributed by atoms with van der Waals surface area (Å²) in [6.45, 7) is 3.33. The highest BCUT2D eigenvalue weighted by atomic mass is 32.1. The Morgan fingerprint density at radius 2 is 1.94 bits per heavy atom. The van der Waals surface area contributed by atoms with E-state index in [1.165, 1.54) is 0 Å². The first kappa shape index (κ1) is 20.8. The van der Waals surface area contributed by atoms with Crippen LogP contribution in [0.5, 0.6) is 0 Å². The molecular weight excluding hydrogens is 448 g/mol. The van der Waals surface area contributed by atoms with Crippen molar-refractivity contribution in [3.05, 3.63) is 71.2 Å². The molecule has 2 aromatic carbocycles. The van der Waals surface area contributed by atoms with Crippen molar-refractivity contribution < 1.29 is 9.53 Å². The van der Waals surface area contributed by atoms with Crippen molar-refractivity contribution in [2.24, 2.45) is 0 Å². The Hall–Kier alpha value is -3.82. The minimum absolute atomic E-state index is 0.0927. The molecule has 0 bridgehead atoms. The van der Waals surface area contributed by atoms with E-state index in [9.17, 15) is 4.79 Å². The van der Waals surface area contributed by atoms with Gasteiger partial charge < -0.3 is 15.0 Å². The average Bonchev–Trinajstić information content (AvgIpc) is 3.54. The van der Waals surface area contributed by atoms with Crippen LogP contribution in [0.2, 0.25) is 0 Å². The third-order valence-electron chi connectivity index (χ3n) is 5.90. The van der Waals surface area contributed by atoms with Gasteiger partial charge in [0.2, 0.25) is 0 Å². The number of hydrogen-bond donors (Lipinski definition) is 2. The summed E-state index contributed by atoms with van der Waals surface area (Å²) in [5, 5.41) is 11.2. The fourth-order valence-electron chi connectivity index (χ4n) is 4.18. The molecule has 5 aromatic rings. The fourth-order valence-corrected chi connectivity index (χ4v) is 5.24. The Bertz CT molecular complexity index is 1470. The van der Waals surface area contributed by atoms with Crippen molar-refractivity contribution in [2.75, 3.05) is 31.2 Å². The summed E-state index contributed by atoms with van der Waals surface area (Å²) in [5.41, 5.74) is 3.41. The average molecular weight is 471 g/mol. The van der Waals surface area contributed by atoms with E-state index in [-0.39, 0.29) is 5.91 Å². The summed E-state index contributed by atoms with van der Waals surface area (Å²) >= 11 is 1.62. The summed E-state index contributed by atoms with van der Waals surface area (Å²) in [6, 6.07) is 17.3. The first-order valence-electron chi connectivity index (χ1n) is 11.1. The molecule has 9 heteroatoms. The van der Waals surface area contributed by atoms with Crippen LogP contribution in [0.4, 0.5) is 5.82 Å². The molecule has 0 saturated carbocycles. The van der Waals surface area contributed by atoms with Gasteiger partial charge >= 0.3 is 0 Å². The minimum atomic E-state index is -0.0927. The normalized spacial score (nSPS) is 14.1. The molecule has 0 atom stereocenters. The highest BCUT2D eigenvalue weighted by Crippen LogP contribution is 2.35. The van der Waals surface area contributed by atoms with Crippen LogP contribution in [-0.2, 0) is 11.3 Å². The van der Waals surface area contributed by atoms with Crippen molar-refractivity contribution >= 4 is 44.2 Å². The molecule has 34 heavy (non-hydrogen) atoms. The lowest BCUT2D eigenvalue weighted by atomic mass is 10.1. The van der Waals surface area contributed by atoms with Gasteiger partial charge in [-0.1, -0.05) is 30.3 Å². The number of anilines is 1. The van der Waals surface area contributed by atoms with Crippen LogP contribution in [0.25, 0.3) is 32.5 Å². The van der Waals surface area contributed by atoms with Crippen LogP contribution in [-0.4, -0.2) is 52.4 Å². The van der Waals surface area contributed by atoms with E-state index < -0.39 is 0 Å². The summed E-state index contributed by atoms with van der Waals surface area (Å²) in [5.74, 6) is 1.48. The van der Waals surface area contributed by atoms with Crippen molar-refractivity contribution in [3.8, 4) is 11.4 Å². The maximum atomic E-state index is 12.5. The first-order chi connectivity index (χ1) is 16.8. The van der Waals surface area contributed by atoms with Gasteiger partial charge in [0, 0.05) is 34.5 Å². The molecule has 6 rings (SSSR count). The van der Waals surface area contributed by atoms with Gasteiger partial charge in [-0.2, -0.15) is 5.10 Å². The quantitative estimate of drug-likeness (QED) is 0.403. The van der Waals surface area contributed by atoms with E-state index in [1.807, 2.05) is 54.7 Å². The van der Waals surface area contributed by atoms with Crippen molar-refractivity contribution in [2.45, 2.75) is 6.54 Å². The van der Waals surface area contributed by atoms with Gasteiger partial charge in [-0.05, 0) is 24.3 Å². The maximum absolute atomic E-state index is 12.5. The molecule has 8 nitrogen and oxygen atoms in total. The van der Waals surface area contributed by atoms with Crippen molar-refractivity contribution in [1.82, 2.24) is 25.5 Å². The third kappa shape index (κ3) is 3.89. The van der Waals surface area contributed by atoms with Gasteiger partial charge in [-0.15, -0.1) is 11.3 Å². The first-order valence-corrected chi connectivity index (χ1v) is 12.0. The van der Waals surface area contributed by atoms with E-state index in [0.717, 1.165) is 50.5 Å². The molecular formula is C25H22N6O2S. The molecule has 3 aromatic heterocycles. The van der Waals surface area contributed by atoms with Gasteiger partial charge in [0.05, 0.1) is 41.7 Å². The number of fused-ring (bicyclic) bond motifs is 2. The van der Waals surface area contributed by atoms with Gasteiger partial charge in [0.15, 0.2) is 11.6 Å². The molecule has 0 radical (unpaired) electrons. The molecule has 1 saturated heterocycles. The summed E-state index contributed by atoms with van der Waals surface area (Å²) in [6.07, 6.45) is 1.81. The Morgan fingerprint density at radius 1 is 1.09 bits per heavy atom. The minimum Gasteiger partial charge on any atom is -0.378 e. The molecule has 170 valence electrons.